The quantitative estimate of drug-likeness (QED) is 0.228. The monoisotopic (exact) mass is 213 g/mol. The lowest BCUT2D eigenvalue weighted by Gasteiger charge is -2.00. The number of rotatable bonds is 11. The molecule has 0 atom stereocenters. The minimum atomic E-state index is 0.924. The maximum Gasteiger partial charge on any atom is 0.0435 e. The van der Waals surface area contributed by atoms with E-state index < -0.39 is 0 Å². The van der Waals surface area contributed by atoms with Crippen molar-refractivity contribution in [3.63, 3.8) is 0 Å². The van der Waals surface area contributed by atoms with Gasteiger partial charge in [-0.05, 0) is 12.8 Å². The number of oxime groups is 1. The van der Waals surface area contributed by atoms with Crippen molar-refractivity contribution >= 4 is 6.21 Å². The first-order chi connectivity index (χ1) is 7.41. The van der Waals surface area contributed by atoms with Gasteiger partial charge in [0.1, 0.15) is 0 Å². The molecule has 0 heterocycles. The van der Waals surface area contributed by atoms with Crippen LogP contribution in [0.25, 0.3) is 0 Å². The number of hydrogen-bond acceptors (Lipinski definition) is 2. The summed E-state index contributed by atoms with van der Waals surface area (Å²) < 4.78 is 0. The Morgan fingerprint density at radius 2 is 1.27 bits per heavy atom. The summed E-state index contributed by atoms with van der Waals surface area (Å²) in [6.07, 6.45) is 16.1. The van der Waals surface area contributed by atoms with E-state index in [-0.39, 0.29) is 0 Å². The van der Waals surface area contributed by atoms with Crippen molar-refractivity contribution < 1.29 is 5.21 Å². The fourth-order valence-corrected chi connectivity index (χ4v) is 1.78. The Balaban J connectivity index is 2.86. The molecular weight excluding hydrogens is 186 g/mol. The topological polar surface area (TPSA) is 32.6 Å². The van der Waals surface area contributed by atoms with Crippen molar-refractivity contribution in [3.05, 3.63) is 0 Å². The Bertz CT molecular complexity index is 134. The van der Waals surface area contributed by atoms with Gasteiger partial charge >= 0.3 is 0 Å². The van der Waals surface area contributed by atoms with Gasteiger partial charge in [0.2, 0.25) is 0 Å². The first-order valence-corrected chi connectivity index (χ1v) is 6.57. The van der Waals surface area contributed by atoms with Crippen LogP contribution in [0.3, 0.4) is 0 Å². The zero-order valence-electron chi connectivity index (χ0n) is 10.2. The van der Waals surface area contributed by atoms with Crippen LogP contribution in [-0.2, 0) is 0 Å². The van der Waals surface area contributed by atoms with Crippen molar-refractivity contribution in [3.8, 4) is 0 Å². The van der Waals surface area contributed by atoms with Gasteiger partial charge in [0.25, 0.3) is 0 Å². The molecule has 0 bridgehead atoms. The molecule has 90 valence electrons. The molecule has 0 rings (SSSR count). The summed E-state index contributed by atoms with van der Waals surface area (Å²) in [5.41, 5.74) is 0. The first kappa shape index (κ1) is 14.5. The second kappa shape index (κ2) is 13.5. The highest BCUT2D eigenvalue weighted by Crippen LogP contribution is 2.10. The van der Waals surface area contributed by atoms with Crippen LogP contribution in [0.15, 0.2) is 5.16 Å². The molecule has 0 aliphatic heterocycles. The fourth-order valence-electron chi connectivity index (χ4n) is 1.78. The third-order valence-electron chi connectivity index (χ3n) is 2.77. The van der Waals surface area contributed by atoms with Crippen molar-refractivity contribution in [1.82, 2.24) is 0 Å². The van der Waals surface area contributed by atoms with Crippen LogP contribution in [-0.4, -0.2) is 11.4 Å². The van der Waals surface area contributed by atoms with Crippen molar-refractivity contribution in [1.29, 1.82) is 0 Å². The average molecular weight is 213 g/mol. The van der Waals surface area contributed by atoms with Crippen LogP contribution in [0.5, 0.6) is 0 Å². The van der Waals surface area contributed by atoms with Gasteiger partial charge in [-0.3, -0.25) is 0 Å². The van der Waals surface area contributed by atoms with E-state index in [4.69, 9.17) is 5.21 Å². The van der Waals surface area contributed by atoms with Gasteiger partial charge in [0.05, 0.1) is 0 Å². The van der Waals surface area contributed by atoms with Gasteiger partial charge in [0.15, 0.2) is 0 Å². The third kappa shape index (κ3) is 13.5. The van der Waals surface area contributed by atoms with E-state index in [1.165, 1.54) is 64.2 Å². The van der Waals surface area contributed by atoms with Gasteiger partial charge in [-0.2, -0.15) is 0 Å². The Morgan fingerprint density at radius 3 is 1.73 bits per heavy atom. The summed E-state index contributed by atoms with van der Waals surface area (Å²) in [4.78, 5) is 0. The first-order valence-electron chi connectivity index (χ1n) is 6.57. The van der Waals surface area contributed by atoms with Gasteiger partial charge in [0, 0.05) is 6.21 Å². The second-order valence-corrected chi connectivity index (χ2v) is 4.27. The van der Waals surface area contributed by atoms with E-state index in [2.05, 4.69) is 12.1 Å². The van der Waals surface area contributed by atoms with Crippen molar-refractivity contribution in [2.24, 2.45) is 5.16 Å². The molecule has 0 radical (unpaired) electrons. The van der Waals surface area contributed by atoms with Gasteiger partial charge in [-0.1, -0.05) is 64.7 Å². The maximum absolute atomic E-state index is 8.18. The molecule has 0 aromatic heterocycles. The van der Waals surface area contributed by atoms with Crippen molar-refractivity contribution in [2.45, 2.75) is 77.6 Å². The summed E-state index contributed by atoms with van der Waals surface area (Å²) in [5, 5.41) is 11.2. The molecule has 0 amide bonds. The molecule has 0 saturated carbocycles. The van der Waals surface area contributed by atoms with Crippen LogP contribution < -0.4 is 0 Å². The third-order valence-corrected chi connectivity index (χ3v) is 2.77. The van der Waals surface area contributed by atoms with E-state index in [1.807, 2.05) is 0 Å². The predicted octanol–water partition coefficient (Wildman–Crippen LogP) is 4.76. The zero-order valence-corrected chi connectivity index (χ0v) is 10.2. The Kier molecular flexibility index (Phi) is 13.0. The summed E-state index contributed by atoms with van der Waals surface area (Å²) >= 11 is 0. The largest absolute Gasteiger partial charge is 0.411 e. The highest BCUT2D eigenvalue weighted by molar-refractivity contribution is 5.55. The lowest BCUT2D eigenvalue weighted by molar-refractivity contribution is 0.320. The van der Waals surface area contributed by atoms with Crippen LogP contribution in [0.1, 0.15) is 77.6 Å². The highest BCUT2D eigenvalue weighted by atomic mass is 16.4. The van der Waals surface area contributed by atoms with Gasteiger partial charge in [-0.25, -0.2) is 0 Å². The van der Waals surface area contributed by atoms with E-state index in [0.717, 1.165) is 6.42 Å². The Labute approximate surface area is 94.8 Å². The summed E-state index contributed by atoms with van der Waals surface area (Å²) in [6, 6.07) is 0. The van der Waals surface area contributed by atoms with Crippen LogP contribution in [0.2, 0.25) is 0 Å². The van der Waals surface area contributed by atoms with E-state index in [1.54, 1.807) is 6.21 Å². The predicted molar refractivity (Wildman–Crippen MR) is 66.7 cm³/mol. The summed E-state index contributed by atoms with van der Waals surface area (Å²) in [6.45, 7) is 2.26. The number of hydrogen-bond donors (Lipinski definition) is 1. The molecule has 1 N–H and O–H groups in total. The van der Waals surface area contributed by atoms with Gasteiger partial charge in [-0.15, -0.1) is 5.16 Å². The SMILES string of the molecule is CCCCCCCCCCCCC=NO. The zero-order chi connectivity index (χ0) is 11.2. The smallest absolute Gasteiger partial charge is 0.0435 e. The lowest BCUT2D eigenvalue weighted by atomic mass is 10.1. The molecule has 0 aliphatic rings. The molecule has 0 saturated heterocycles. The average Bonchev–Trinajstić information content (AvgIpc) is 2.26. The second-order valence-electron chi connectivity index (χ2n) is 4.27. The molecule has 2 nitrogen and oxygen atoms in total. The molecule has 0 aromatic carbocycles. The maximum atomic E-state index is 8.18. The number of unbranched alkanes of at least 4 members (excludes halogenated alkanes) is 10. The minimum absolute atomic E-state index is 0.924. The van der Waals surface area contributed by atoms with Gasteiger partial charge < -0.3 is 5.21 Å². The molecule has 15 heavy (non-hydrogen) atoms. The summed E-state index contributed by atoms with van der Waals surface area (Å²) in [5.74, 6) is 0. The standard InChI is InChI=1S/C13H27NO/c1-2-3-4-5-6-7-8-9-10-11-12-13-14-15/h13,15H,2-12H2,1H3. The van der Waals surface area contributed by atoms with Crippen LogP contribution in [0.4, 0.5) is 0 Å². The van der Waals surface area contributed by atoms with E-state index in [0.29, 0.717) is 0 Å². The minimum Gasteiger partial charge on any atom is -0.411 e. The molecule has 0 fully saturated rings. The molecule has 0 unspecified atom stereocenters. The Morgan fingerprint density at radius 1 is 0.800 bits per heavy atom. The van der Waals surface area contributed by atoms with Crippen molar-refractivity contribution in [2.75, 3.05) is 0 Å². The van der Waals surface area contributed by atoms with Crippen LogP contribution >= 0.6 is 0 Å². The Hall–Kier alpha value is -0.530. The molecule has 0 aromatic rings. The lowest BCUT2D eigenvalue weighted by Crippen LogP contribution is -1.82. The van der Waals surface area contributed by atoms with Crippen LogP contribution in [0, 0.1) is 0 Å². The number of nitrogens with zero attached hydrogens (tertiary/aromatic N) is 1. The normalized spacial score (nSPS) is 11.3. The summed E-state index contributed by atoms with van der Waals surface area (Å²) in [7, 11) is 0. The molecular formula is C13H27NO. The fraction of sp³-hybridized carbons (Fsp3) is 0.923. The molecule has 2 heteroatoms. The molecule has 0 spiro atoms. The highest BCUT2D eigenvalue weighted by Gasteiger charge is 1.91. The van der Waals surface area contributed by atoms with E-state index >= 15 is 0 Å². The molecule has 0 aliphatic carbocycles. The van der Waals surface area contributed by atoms with E-state index in [9.17, 15) is 0 Å².